The van der Waals surface area contributed by atoms with Crippen molar-refractivity contribution in [1.29, 1.82) is 0 Å². The summed E-state index contributed by atoms with van der Waals surface area (Å²) in [5.41, 5.74) is 1.03. The first-order valence-corrected chi connectivity index (χ1v) is 9.75. The minimum atomic E-state index is -0.774. The number of aliphatic imine (C=N–C) groups is 1. The number of hydrogen-bond acceptors (Lipinski definition) is 5. The summed E-state index contributed by atoms with van der Waals surface area (Å²) in [6.07, 6.45) is 2.92. The smallest absolute Gasteiger partial charge is 0.194 e. The van der Waals surface area contributed by atoms with Crippen molar-refractivity contribution in [2.45, 2.75) is 19.1 Å². The van der Waals surface area contributed by atoms with Gasteiger partial charge in [-0.05, 0) is 31.2 Å². The predicted molar refractivity (Wildman–Crippen MR) is 123 cm³/mol. The maximum atomic E-state index is 12.9. The molecule has 10 heteroatoms. The molecule has 1 saturated heterocycles. The maximum Gasteiger partial charge on any atom is 0.194 e. The largest absolute Gasteiger partial charge is 0.491 e. The summed E-state index contributed by atoms with van der Waals surface area (Å²) >= 11 is 0. The van der Waals surface area contributed by atoms with Gasteiger partial charge in [0.2, 0.25) is 0 Å². The molecule has 1 aromatic carbocycles. The molecule has 2 aromatic rings. The van der Waals surface area contributed by atoms with E-state index >= 15 is 0 Å². The lowest BCUT2D eigenvalue weighted by atomic mass is 10.1. The Bertz CT molecular complexity index is 802. The molecule has 1 aliphatic rings. The van der Waals surface area contributed by atoms with Crippen LogP contribution in [-0.4, -0.2) is 71.2 Å². The van der Waals surface area contributed by atoms with Crippen LogP contribution in [0, 0.1) is 5.82 Å². The number of hydrogen-bond donors (Lipinski definition) is 2. The van der Waals surface area contributed by atoms with Crippen LogP contribution in [0.5, 0.6) is 5.75 Å². The molecule has 0 radical (unpaired) electrons. The average Bonchev–Trinajstić information content (AvgIpc) is 3.17. The molecule has 30 heavy (non-hydrogen) atoms. The molecule has 2 unspecified atom stereocenters. The molecule has 1 aliphatic heterocycles. The lowest BCUT2D eigenvalue weighted by molar-refractivity contribution is -0.00814. The zero-order valence-corrected chi connectivity index (χ0v) is 19.5. The molecule has 2 heterocycles. The van der Waals surface area contributed by atoms with Gasteiger partial charge in [-0.2, -0.15) is 5.10 Å². The summed E-state index contributed by atoms with van der Waals surface area (Å²) in [4.78, 5) is 6.69. The molecular weight excluding hydrogens is 504 g/mol. The van der Waals surface area contributed by atoms with Crippen LogP contribution in [-0.2, 0) is 11.8 Å². The number of aryl methyl sites for hydroxylation is 1. The summed E-state index contributed by atoms with van der Waals surface area (Å²) in [5, 5.41) is 17.7. The van der Waals surface area contributed by atoms with Crippen molar-refractivity contribution in [3.8, 4) is 5.75 Å². The van der Waals surface area contributed by atoms with Gasteiger partial charge in [0.25, 0.3) is 0 Å². The van der Waals surface area contributed by atoms with Gasteiger partial charge in [-0.15, -0.1) is 24.0 Å². The highest BCUT2D eigenvalue weighted by Crippen LogP contribution is 2.21. The number of guanidine groups is 1. The van der Waals surface area contributed by atoms with E-state index in [0.717, 1.165) is 18.1 Å². The fourth-order valence-corrected chi connectivity index (χ4v) is 3.04. The van der Waals surface area contributed by atoms with Gasteiger partial charge in [0.05, 0.1) is 25.9 Å². The first-order valence-electron chi connectivity index (χ1n) is 9.75. The third-order valence-corrected chi connectivity index (χ3v) is 4.51. The monoisotopic (exact) mass is 533 g/mol. The highest BCUT2D eigenvalue weighted by atomic mass is 127. The lowest BCUT2D eigenvalue weighted by Crippen LogP contribution is -2.48. The van der Waals surface area contributed by atoms with Crippen LogP contribution in [0.1, 0.15) is 18.6 Å². The van der Waals surface area contributed by atoms with Crippen LogP contribution < -0.4 is 10.1 Å². The Hall–Kier alpha value is -1.92. The minimum Gasteiger partial charge on any atom is -0.491 e. The van der Waals surface area contributed by atoms with E-state index in [2.05, 4.69) is 20.3 Å². The van der Waals surface area contributed by atoms with Gasteiger partial charge in [-0.1, -0.05) is 0 Å². The number of halogens is 2. The van der Waals surface area contributed by atoms with Crippen LogP contribution in [0.15, 0.2) is 41.7 Å². The van der Waals surface area contributed by atoms with Crippen molar-refractivity contribution < 1.29 is 19.0 Å². The van der Waals surface area contributed by atoms with E-state index in [1.165, 1.54) is 24.3 Å². The standard InChI is InChI=1S/C20H28FN5O3.HI/c1-3-22-20(23-11-17(27)14-29-18-6-4-16(21)5-7-18)26-8-9-28-19(13-26)15-10-24-25(2)12-15;/h4-7,10,12,17,19,27H,3,8-9,11,13-14H2,1-2H3,(H,22,23);1H. The first kappa shape index (κ1) is 24.4. The molecule has 0 saturated carbocycles. The van der Waals surface area contributed by atoms with Gasteiger partial charge in [-0.3, -0.25) is 9.67 Å². The third-order valence-electron chi connectivity index (χ3n) is 4.51. The Labute approximate surface area is 193 Å². The number of aromatic nitrogens is 2. The van der Waals surface area contributed by atoms with E-state index in [1.807, 2.05) is 26.4 Å². The van der Waals surface area contributed by atoms with Crippen molar-refractivity contribution in [3.05, 3.63) is 48.0 Å². The molecule has 0 bridgehead atoms. The van der Waals surface area contributed by atoms with E-state index in [1.54, 1.807) is 4.68 Å². The Kier molecular flexibility index (Phi) is 9.79. The molecule has 8 nitrogen and oxygen atoms in total. The van der Waals surface area contributed by atoms with Gasteiger partial charge < -0.3 is 24.8 Å². The number of nitrogens with one attached hydrogen (secondary N) is 1. The van der Waals surface area contributed by atoms with Crippen molar-refractivity contribution >= 4 is 29.9 Å². The summed E-state index contributed by atoms with van der Waals surface area (Å²) in [6, 6.07) is 5.70. The molecule has 0 amide bonds. The zero-order chi connectivity index (χ0) is 20.6. The second-order valence-corrected chi connectivity index (χ2v) is 6.87. The summed E-state index contributed by atoms with van der Waals surface area (Å²) < 4.78 is 26.1. The summed E-state index contributed by atoms with van der Waals surface area (Å²) in [5.74, 6) is 0.909. The number of nitrogens with zero attached hydrogens (tertiary/aromatic N) is 4. The van der Waals surface area contributed by atoms with Crippen molar-refractivity contribution in [3.63, 3.8) is 0 Å². The fraction of sp³-hybridized carbons (Fsp3) is 0.500. The number of ether oxygens (including phenoxy) is 2. The zero-order valence-electron chi connectivity index (χ0n) is 17.2. The molecule has 3 rings (SSSR count). The predicted octanol–water partition coefficient (Wildman–Crippen LogP) is 1.96. The summed E-state index contributed by atoms with van der Waals surface area (Å²) in [7, 11) is 1.88. The van der Waals surface area contributed by atoms with Crippen LogP contribution >= 0.6 is 24.0 Å². The Morgan fingerprint density at radius 2 is 2.20 bits per heavy atom. The normalized spacial score (nSPS) is 17.9. The van der Waals surface area contributed by atoms with Gasteiger partial charge in [0, 0.05) is 31.9 Å². The molecule has 2 N–H and O–H groups in total. The molecule has 0 aliphatic carbocycles. The number of morpholine rings is 1. The van der Waals surface area contributed by atoms with E-state index < -0.39 is 6.10 Å². The topological polar surface area (TPSA) is 84.1 Å². The number of benzene rings is 1. The Balaban J connectivity index is 0.00000320. The highest BCUT2D eigenvalue weighted by Gasteiger charge is 2.25. The van der Waals surface area contributed by atoms with Gasteiger partial charge in [0.15, 0.2) is 5.96 Å². The summed E-state index contributed by atoms with van der Waals surface area (Å²) in [6.45, 7) is 4.94. The number of aliphatic hydroxyl groups is 1. The molecule has 2 atom stereocenters. The van der Waals surface area contributed by atoms with Crippen LogP contribution in [0.4, 0.5) is 4.39 Å². The maximum absolute atomic E-state index is 12.9. The molecule has 0 spiro atoms. The minimum absolute atomic E-state index is 0. The average molecular weight is 533 g/mol. The van der Waals surface area contributed by atoms with Crippen molar-refractivity contribution in [2.24, 2.45) is 12.0 Å². The second-order valence-electron chi connectivity index (χ2n) is 6.87. The van der Waals surface area contributed by atoms with E-state index in [0.29, 0.717) is 25.4 Å². The van der Waals surface area contributed by atoms with Gasteiger partial charge >= 0.3 is 0 Å². The Morgan fingerprint density at radius 3 is 2.87 bits per heavy atom. The van der Waals surface area contributed by atoms with Crippen LogP contribution in [0.25, 0.3) is 0 Å². The van der Waals surface area contributed by atoms with E-state index in [9.17, 15) is 9.50 Å². The Morgan fingerprint density at radius 1 is 1.43 bits per heavy atom. The SMILES string of the molecule is CCNC(=NCC(O)COc1ccc(F)cc1)N1CCOC(c2cnn(C)c2)C1.I. The number of aliphatic hydroxyl groups excluding tert-OH is 1. The fourth-order valence-electron chi connectivity index (χ4n) is 3.04. The van der Waals surface area contributed by atoms with Crippen LogP contribution in [0.3, 0.4) is 0 Å². The third kappa shape index (κ3) is 7.10. The van der Waals surface area contributed by atoms with Gasteiger partial charge in [-0.25, -0.2) is 4.39 Å². The van der Waals surface area contributed by atoms with Crippen molar-refractivity contribution in [1.82, 2.24) is 20.0 Å². The lowest BCUT2D eigenvalue weighted by Gasteiger charge is -2.35. The first-order chi connectivity index (χ1) is 14.0. The van der Waals surface area contributed by atoms with Crippen molar-refractivity contribution in [2.75, 3.05) is 39.4 Å². The van der Waals surface area contributed by atoms with Gasteiger partial charge in [0.1, 0.15) is 30.4 Å². The molecule has 1 fully saturated rings. The molecular formula is C20H29FIN5O3. The highest BCUT2D eigenvalue weighted by molar-refractivity contribution is 14.0. The van der Waals surface area contributed by atoms with Crippen LogP contribution in [0.2, 0.25) is 0 Å². The second kappa shape index (κ2) is 12.1. The van der Waals surface area contributed by atoms with E-state index in [-0.39, 0.29) is 49.0 Å². The quantitative estimate of drug-likeness (QED) is 0.322. The number of rotatable bonds is 7. The van der Waals surface area contributed by atoms with E-state index in [4.69, 9.17) is 9.47 Å². The molecule has 1 aromatic heterocycles. The molecule has 166 valence electrons.